The first-order valence-electron chi connectivity index (χ1n) is 6.20. The molecule has 3 aromatic rings. The maximum atomic E-state index is 12.2. The first-order valence-corrected chi connectivity index (χ1v) is 6.57. The number of halogens is 1. The van der Waals surface area contributed by atoms with E-state index in [0.717, 1.165) is 0 Å². The minimum Gasteiger partial charge on any atom is -0.495 e. The lowest BCUT2D eigenvalue weighted by Gasteiger charge is -2.13. The van der Waals surface area contributed by atoms with Crippen molar-refractivity contribution in [1.82, 2.24) is 9.55 Å². The fraction of sp³-hybridized carbons (Fsp3) is 0.0667. The molecule has 0 amide bonds. The normalized spacial score (nSPS) is 10.8. The fourth-order valence-corrected chi connectivity index (χ4v) is 2.43. The van der Waals surface area contributed by atoms with Crippen LogP contribution in [0.15, 0.2) is 52.1 Å². The summed E-state index contributed by atoms with van der Waals surface area (Å²) in [5, 5.41) is 0.923. The Morgan fingerprint density at radius 3 is 2.67 bits per heavy atom. The Balaban J connectivity index is 2.46. The molecule has 0 spiro atoms. The molecular weight excluding hydrogens is 292 g/mol. The summed E-state index contributed by atoms with van der Waals surface area (Å²) in [4.78, 5) is 26.4. The highest BCUT2D eigenvalue weighted by Crippen LogP contribution is 2.27. The van der Waals surface area contributed by atoms with Gasteiger partial charge in [0.05, 0.1) is 23.7 Å². The van der Waals surface area contributed by atoms with Crippen molar-refractivity contribution in [2.24, 2.45) is 0 Å². The smallest absolute Gasteiger partial charge is 0.333 e. The third-order valence-electron chi connectivity index (χ3n) is 3.20. The third-order valence-corrected chi connectivity index (χ3v) is 3.43. The number of rotatable bonds is 2. The largest absolute Gasteiger partial charge is 0.495 e. The van der Waals surface area contributed by atoms with Crippen LogP contribution in [0.2, 0.25) is 5.02 Å². The van der Waals surface area contributed by atoms with Crippen LogP contribution in [0.25, 0.3) is 16.6 Å². The number of hydrogen-bond acceptors (Lipinski definition) is 3. The van der Waals surface area contributed by atoms with Gasteiger partial charge in [0.2, 0.25) is 0 Å². The molecule has 0 aliphatic rings. The van der Waals surface area contributed by atoms with Crippen molar-refractivity contribution in [3.63, 3.8) is 0 Å². The zero-order chi connectivity index (χ0) is 15.0. The first-order chi connectivity index (χ1) is 10.1. The predicted molar refractivity (Wildman–Crippen MR) is 81.7 cm³/mol. The Morgan fingerprint density at radius 1 is 1.14 bits per heavy atom. The number of aromatic amines is 1. The highest BCUT2D eigenvalue weighted by atomic mass is 35.5. The van der Waals surface area contributed by atoms with E-state index < -0.39 is 11.2 Å². The van der Waals surface area contributed by atoms with Crippen LogP contribution in [0, 0.1) is 0 Å². The molecule has 0 atom stereocenters. The SMILES string of the molecule is COc1cc(Cl)ccc1-n1c(=O)[nH]c(=O)c2ccccc21. The van der Waals surface area contributed by atoms with Crippen LogP contribution in [0.3, 0.4) is 0 Å². The molecule has 0 aliphatic heterocycles. The van der Waals surface area contributed by atoms with Gasteiger partial charge in [-0.1, -0.05) is 23.7 Å². The number of fused-ring (bicyclic) bond motifs is 1. The van der Waals surface area contributed by atoms with E-state index in [2.05, 4.69) is 4.98 Å². The lowest BCUT2D eigenvalue weighted by Crippen LogP contribution is -2.29. The molecule has 0 saturated heterocycles. The topological polar surface area (TPSA) is 64.1 Å². The standard InChI is InChI=1S/C15H11ClN2O3/c1-21-13-8-9(16)6-7-12(13)18-11-5-3-2-4-10(11)14(19)17-15(18)20/h2-8H,1H3,(H,17,19,20). The van der Waals surface area contributed by atoms with Gasteiger partial charge < -0.3 is 4.74 Å². The minimum absolute atomic E-state index is 0.417. The molecule has 6 heteroatoms. The zero-order valence-corrected chi connectivity index (χ0v) is 11.8. The van der Waals surface area contributed by atoms with E-state index in [1.807, 2.05) is 0 Å². The molecule has 2 aromatic carbocycles. The second-order valence-corrected chi connectivity index (χ2v) is 4.86. The lowest BCUT2D eigenvalue weighted by atomic mass is 10.2. The summed E-state index contributed by atoms with van der Waals surface area (Å²) >= 11 is 5.94. The summed E-state index contributed by atoms with van der Waals surface area (Å²) in [6.07, 6.45) is 0. The van der Waals surface area contributed by atoms with Gasteiger partial charge in [-0.2, -0.15) is 0 Å². The highest BCUT2D eigenvalue weighted by molar-refractivity contribution is 6.30. The second-order valence-electron chi connectivity index (χ2n) is 4.43. The number of hydrogen-bond donors (Lipinski definition) is 1. The van der Waals surface area contributed by atoms with Crippen LogP contribution in [0.1, 0.15) is 0 Å². The van der Waals surface area contributed by atoms with Crippen LogP contribution < -0.4 is 16.0 Å². The summed E-state index contributed by atoms with van der Waals surface area (Å²) in [7, 11) is 1.49. The number of aromatic nitrogens is 2. The molecule has 106 valence electrons. The zero-order valence-electron chi connectivity index (χ0n) is 11.1. The average molecular weight is 303 g/mol. The average Bonchev–Trinajstić information content (AvgIpc) is 2.48. The van der Waals surface area contributed by atoms with Gasteiger partial charge in [0, 0.05) is 11.1 Å². The molecule has 1 aromatic heterocycles. The quantitative estimate of drug-likeness (QED) is 0.790. The van der Waals surface area contributed by atoms with Crippen molar-refractivity contribution >= 4 is 22.5 Å². The molecule has 0 unspecified atom stereocenters. The van der Waals surface area contributed by atoms with Crippen LogP contribution in [0.4, 0.5) is 0 Å². The lowest BCUT2D eigenvalue weighted by molar-refractivity contribution is 0.413. The number of methoxy groups -OCH3 is 1. The number of para-hydroxylation sites is 1. The van der Waals surface area contributed by atoms with Crippen molar-refractivity contribution in [3.05, 3.63) is 68.3 Å². The predicted octanol–water partition coefficient (Wildman–Crippen LogP) is 2.34. The molecular formula is C15H11ClN2O3. The molecule has 5 nitrogen and oxygen atoms in total. The Morgan fingerprint density at radius 2 is 1.90 bits per heavy atom. The van der Waals surface area contributed by atoms with Crippen molar-refractivity contribution in [2.75, 3.05) is 7.11 Å². The summed E-state index contributed by atoms with van der Waals surface area (Å²) < 4.78 is 6.67. The number of nitrogens with zero attached hydrogens (tertiary/aromatic N) is 1. The van der Waals surface area contributed by atoms with Gasteiger partial charge in [-0.15, -0.1) is 0 Å². The van der Waals surface area contributed by atoms with Gasteiger partial charge in [0.25, 0.3) is 5.56 Å². The first kappa shape index (κ1) is 13.5. The molecule has 0 radical (unpaired) electrons. The van der Waals surface area contributed by atoms with Crippen molar-refractivity contribution in [2.45, 2.75) is 0 Å². The van der Waals surface area contributed by atoms with Crippen LogP contribution in [-0.4, -0.2) is 16.7 Å². The summed E-state index contributed by atoms with van der Waals surface area (Å²) in [6.45, 7) is 0. The summed E-state index contributed by atoms with van der Waals surface area (Å²) in [5.41, 5.74) is 0.0744. The molecule has 0 saturated carbocycles. The van der Waals surface area contributed by atoms with Gasteiger partial charge in [-0.25, -0.2) is 4.79 Å². The monoisotopic (exact) mass is 302 g/mol. The van der Waals surface area contributed by atoms with Gasteiger partial charge >= 0.3 is 5.69 Å². The van der Waals surface area contributed by atoms with Gasteiger partial charge in [-0.3, -0.25) is 14.3 Å². The van der Waals surface area contributed by atoms with Gasteiger partial charge in [0.15, 0.2) is 0 Å². The van der Waals surface area contributed by atoms with E-state index >= 15 is 0 Å². The van der Waals surface area contributed by atoms with Crippen molar-refractivity contribution < 1.29 is 4.74 Å². The maximum Gasteiger partial charge on any atom is 0.333 e. The molecule has 0 fully saturated rings. The minimum atomic E-state index is -0.528. The summed E-state index contributed by atoms with van der Waals surface area (Å²) in [6, 6.07) is 11.8. The number of benzene rings is 2. The number of H-pyrrole nitrogens is 1. The van der Waals surface area contributed by atoms with E-state index in [1.165, 1.54) is 11.7 Å². The highest BCUT2D eigenvalue weighted by Gasteiger charge is 2.13. The molecule has 0 aliphatic carbocycles. The Labute approximate surface area is 124 Å². The molecule has 3 rings (SSSR count). The number of nitrogens with one attached hydrogen (secondary N) is 1. The molecule has 0 bridgehead atoms. The van der Waals surface area contributed by atoms with Crippen LogP contribution >= 0.6 is 11.6 Å². The van der Waals surface area contributed by atoms with Gasteiger partial charge in [0.1, 0.15) is 5.75 Å². The van der Waals surface area contributed by atoms with E-state index in [0.29, 0.717) is 27.4 Å². The summed E-state index contributed by atoms with van der Waals surface area (Å²) in [5.74, 6) is 0.446. The Hall–Kier alpha value is -2.53. The van der Waals surface area contributed by atoms with E-state index in [9.17, 15) is 9.59 Å². The second kappa shape index (κ2) is 5.10. The fourth-order valence-electron chi connectivity index (χ4n) is 2.27. The van der Waals surface area contributed by atoms with Crippen molar-refractivity contribution in [3.8, 4) is 11.4 Å². The maximum absolute atomic E-state index is 12.2. The van der Waals surface area contributed by atoms with Crippen molar-refractivity contribution in [1.29, 1.82) is 0 Å². The molecule has 21 heavy (non-hydrogen) atoms. The van der Waals surface area contributed by atoms with Crippen LogP contribution in [0.5, 0.6) is 5.75 Å². The Bertz CT molecular complexity index is 944. The third kappa shape index (κ3) is 2.21. The van der Waals surface area contributed by atoms with Crippen LogP contribution in [-0.2, 0) is 0 Å². The Kier molecular flexibility index (Phi) is 3.27. The van der Waals surface area contributed by atoms with E-state index in [-0.39, 0.29) is 0 Å². The molecule has 1 N–H and O–H groups in total. The van der Waals surface area contributed by atoms with E-state index in [4.69, 9.17) is 16.3 Å². The van der Waals surface area contributed by atoms with E-state index in [1.54, 1.807) is 42.5 Å². The van der Waals surface area contributed by atoms with Gasteiger partial charge in [-0.05, 0) is 24.3 Å². The number of ether oxygens (including phenoxy) is 1. The molecule has 1 heterocycles.